The van der Waals surface area contributed by atoms with Gasteiger partial charge in [-0.2, -0.15) is 8.42 Å². The van der Waals surface area contributed by atoms with Crippen molar-refractivity contribution in [1.29, 1.82) is 0 Å². The Morgan fingerprint density at radius 1 is 0.955 bits per heavy atom. The van der Waals surface area contributed by atoms with Crippen molar-refractivity contribution in [3.63, 3.8) is 0 Å². The van der Waals surface area contributed by atoms with E-state index in [1.807, 2.05) is 12.1 Å². The molecule has 0 amide bonds. The molecule has 0 unspecified atom stereocenters. The summed E-state index contributed by atoms with van der Waals surface area (Å²) in [5, 5.41) is 4.32. The molecule has 12 heteroatoms. The van der Waals surface area contributed by atoms with Gasteiger partial charge >= 0.3 is 6.47 Å². The standard InChI is InChI=1S/C32H33FN6O4S/c1-3-37(4-2)17-5-18-38-19-16-25-20-24(6-15-31(25)38)30-21-32(35-22-34-30)36-27-9-11-28(12-10-27)39(43-23-40)44(41,42)29-13-7-26(33)8-14-29/h6-16,19-23H,3-5,17-18H2,1-2H3,(H,34,35,36). The number of aryl methyl sites for hydroxylation is 1. The minimum Gasteiger partial charge on any atom is -0.347 e. The maximum Gasteiger partial charge on any atom is 0.322 e. The van der Waals surface area contributed by atoms with Crippen molar-refractivity contribution in [2.45, 2.75) is 31.7 Å². The summed E-state index contributed by atoms with van der Waals surface area (Å²) in [7, 11) is -4.30. The number of aromatic nitrogens is 3. The SMILES string of the molecule is CCN(CC)CCCn1ccc2cc(-c3cc(Nc4ccc(N(OC=O)S(=O)(=O)c5ccc(F)cc5)cc4)ncn3)ccc21. The summed E-state index contributed by atoms with van der Waals surface area (Å²) in [6.45, 7) is 8.54. The molecule has 44 heavy (non-hydrogen) atoms. The third kappa shape index (κ3) is 6.87. The molecule has 5 aromatic rings. The Morgan fingerprint density at radius 3 is 2.41 bits per heavy atom. The molecule has 0 saturated carbocycles. The highest BCUT2D eigenvalue weighted by atomic mass is 32.2. The molecule has 0 aliphatic heterocycles. The lowest BCUT2D eigenvalue weighted by Gasteiger charge is -2.21. The molecule has 2 heterocycles. The molecule has 2 aromatic heterocycles. The van der Waals surface area contributed by atoms with Crippen LogP contribution in [0.1, 0.15) is 20.3 Å². The van der Waals surface area contributed by atoms with E-state index in [4.69, 9.17) is 4.84 Å². The molecular formula is C32H33FN6O4S. The van der Waals surface area contributed by atoms with Gasteiger partial charge in [-0.25, -0.2) is 14.4 Å². The summed E-state index contributed by atoms with van der Waals surface area (Å²) < 4.78 is 42.2. The number of carbonyl (C=O) groups excluding carboxylic acids is 1. The first-order valence-corrected chi connectivity index (χ1v) is 15.7. The highest BCUT2D eigenvalue weighted by molar-refractivity contribution is 7.92. The van der Waals surface area contributed by atoms with Crippen molar-refractivity contribution in [3.8, 4) is 11.3 Å². The van der Waals surface area contributed by atoms with E-state index in [2.05, 4.69) is 63.0 Å². The number of nitrogens with one attached hydrogen (secondary N) is 1. The predicted molar refractivity (Wildman–Crippen MR) is 168 cm³/mol. The van der Waals surface area contributed by atoms with E-state index in [1.165, 1.54) is 24.0 Å². The maximum atomic E-state index is 13.3. The van der Waals surface area contributed by atoms with Gasteiger partial charge in [0.1, 0.15) is 18.0 Å². The van der Waals surface area contributed by atoms with Crippen molar-refractivity contribution in [1.82, 2.24) is 19.4 Å². The van der Waals surface area contributed by atoms with Crippen LogP contribution in [0.2, 0.25) is 0 Å². The monoisotopic (exact) mass is 616 g/mol. The van der Waals surface area contributed by atoms with Crippen LogP contribution in [-0.4, -0.2) is 54.0 Å². The van der Waals surface area contributed by atoms with Gasteiger partial charge in [0, 0.05) is 41.0 Å². The van der Waals surface area contributed by atoms with Gasteiger partial charge in [0.2, 0.25) is 0 Å². The van der Waals surface area contributed by atoms with Crippen LogP contribution in [-0.2, 0) is 26.2 Å². The number of benzene rings is 3. The Kier molecular flexibility index (Phi) is 9.51. The highest BCUT2D eigenvalue weighted by Gasteiger charge is 2.27. The Balaban J connectivity index is 1.29. The zero-order chi connectivity index (χ0) is 31.1. The number of carbonyl (C=O) groups is 1. The Bertz CT molecular complexity index is 1820. The lowest BCUT2D eigenvalue weighted by Crippen LogP contribution is -2.30. The van der Waals surface area contributed by atoms with Gasteiger partial charge in [-0.05, 0) is 92.8 Å². The maximum absolute atomic E-state index is 13.3. The number of hydrogen-bond donors (Lipinski definition) is 1. The normalized spacial score (nSPS) is 11.5. The average molecular weight is 617 g/mol. The van der Waals surface area contributed by atoms with Crippen molar-refractivity contribution in [2.24, 2.45) is 0 Å². The van der Waals surface area contributed by atoms with Gasteiger partial charge in [0.05, 0.1) is 16.3 Å². The third-order valence-electron chi connectivity index (χ3n) is 7.32. The van der Waals surface area contributed by atoms with Crippen LogP contribution in [0.25, 0.3) is 22.2 Å². The fraction of sp³-hybridized carbons (Fsp3) is 0.219. The van der Waals surface area contributed by atoms with Crippen molar-refractivity contribution in [2.75, 3.05) is 29.4 Å². The molecule has 0 fully saturated rings. The topological polar surface area (TPSA) is 110 Å². The minimum absolute atomic E-state index is 0.00935. The van der Waals surface area contributed by atoms with Crippen LogP contribution in [0.3, 0.4) is 0 Å². The average Bonchev–Trinajstić information content (AvgIpc) is 3.45. The van der Waals surface area contributed by atoms with Gasteiger partial charge < -0.3 is 19.6 Å². The van der Waals surface area contributed by atoms with Crippen LogP contribution in [0, 0.1) is 5.82 Å². The smallest absolute Gasteiger partial charge is 0.322 e. The van der Waals surface area contributed by atoms with Gasteiger partial charge in [0.25, 0.3) is 10.0 Å². The summed E-state index contributed by atoms with van der Waals surface area (Å²) in [4.78, 5) is 26.9. The number of hydrogen-bond acceptors (Lipinski definition) is 8. The third-order valence-corrected chi connectivity index (χ3v) is 8.92. The molecule has 0 bridgehead atoms. The highest BCUT2D eigenvalue weighted by Crippen LogP contribution is 2.28. The summed E-state index contributed by atoms with van der Waals surface area (Å²) >= 11 is 0. The molecule has 3 aromatic carbocycles. The molecule has 10 nitrogen and oxygen atoms in total. The molecule has 0 radical (unpaired) electrons. The van der Waals surface area contributed by atoms with Crippen molar-refractivity contribution in [3.05, 3.63) is 97.2 Å². The minimum atomic E-state index is -4.30. The van der Waals surface area contributed by atoms with Crippen LogP contribution < -0.4 is 9.79 Å². The van der Waals surface area contributed by atoms with Gasteiger partial charge in [0.15, 0.2) is 0 Å². The largest absolute Gasteiger partial charge is 0.347 e. The number of fused-ring (bicyclic) bond motifs is 1. The van der Waals surface area contributed by atoms with E-state index in [1.54, 1.807) is 12.1 Å². The Hall–Kier alpha value is -4.81. The molecular weight excluding hydrogens is 583 g/mol. The van der Waals surface area contributed by atoms with Crippen LogP contribution in [0.5, 0.6) is 0 Å². The lowest BCUT2D eigenvalue weighted by molar-refractivity contribution is -0.128. The first-order valence-electron chi connectivity index (χ1n) is 14.2. The summed E-state index contributed by atoms with van der Waals surface area (Å²) in [5.74, 6) is -0.0524. The molecule has 0 atom stereocenters. The zero-order valence-electron chi connectivity index (χ0n) is 24.4. The van der Waals surface area contributed by atoms with E-state index < -0.39 is 15.8 Å². The predicted octanol–water partition coefficient (Wildman–Crippen LogP) is 6.00. The second-order valence-corrected chi connectivity index (χ2v) is 11.8. The quantitative estimate of drug-likeness (QED) is 0.120. The number of rotatable bonds is 14. The van der Waals surface area contributed by atoms with Crippen LogP contribution in [0.4, 0.5) is 21.6 Å². The van der Waals surface area contributed by atoms with Gasteiger partial charge in [-0.3, -0.25) is 4.79 Å². The first-order chi connectivity index (χ1) is 21.3. The second kappa shape index (κ2) is 13.7. The second-order valence-electron chi connectivity index (χ2n) is 10.0. The molecule has 1 N–H and O–H groups in total. The van der Waals surface area contributed by atoms with Gasteiger partial charge in [-0.1, -0.05) is 24.4 Å². The molecule has 0 saturated heterocycles. The number of halogens is 1. The number of sulfonamides is 1. The van der Waals surface area contributed by atoms with E-state index in [0.717, 1.165) is 73.5 Å². The fourth-order valence-corrected chi connectivity index (χ4v) is 6.17. The molecule has 228 valence electrons. The Morgan fingerprint density at radius 2 is 1.70 bits per heavy atom. The van der Waals surface area contributed by atoms with Crippen molar-refractivity contribution < 1.29 is 22.4 Å². The number of nitrogens with zero attached hydrogens (tertiary/aromatic N) is 5. The zero-order valence-corrected chi connectivity index (χ0v) is 25.2. The van der Waals surface area contributed by atoms with Gasteiger partial charge in [-0.15, -0.1) is 0 Å². The molecule has 0 spiro atoms. The van der Waals surface area contributed by atoms with Crippen LogP contribution in [0.15, 0.2) is 96.3 Å². The van der Waals surface area contributed by atoms with E-state index >= 15 is 0 Å². The van der Waals surface area contributed by atoms with Crippen molar-refractivity contribution >= 4 is 44.6 Å². The fourth-order valence-electron chi connectivity index (χ4n) is 4.95. The van der Waals surface area contributed by atoms with Crippen LogP contribution >= 0.6 is 0 Å². The molecule has 0 aliphatic rings. The Labute approximate surface area is 255 Å². The number of anilines is 3. The van der Waals surface area contributed by atoms with E-state index in [-0.39, 0.29) is 17.1 Å². The molecule has 0 aliphatic carbocycles. The summed E-state index contributed by atoms with van der Waals surface area (Å²) in [6.07, 6.45) is 4.68. The first kappa shape index (κ1) is 30.6. The summed E-state index contributed by atoms with van der Waals surface area (Å²) in [6, 6.07) is 20.6. The summed E-state index contributed by atoms with van der Waals surface area (Å²) in [5.41, 5.74) is 3.55. The molecule has 5 rings (SSSR count). The van der Waals surface area contributed by atoms with E-state index in [9.17, 15) is 17.6 Å². The van der Waals surface area contributed by atoms with E-state index in [0.29, 0.717) is 16.0 Å². The lowest BCUT2D eigenvalue weighted by atomic mass is 10.1.